The highest BCUT2D eigenvalue weighted by Crippen LogP contribution is 1.88. The van der Waals surface area contributed by atoms with Gasteiger partial charge in [0.15, 0.2) is 18.6 Å². The molecule has 0 aromatic carbocycles. The molecule has 0 saturated carbocycles. The van der Waals surface area contributed by atoms with Crippen LogP contribution in [0.1, 0.15) is 5.69 Å². The molecule has 0 radical (unpaired) electrons. The van der Waals surface area contributed by atoms with E-state index in [1.165, 1.54) is 6.21 Å². The third kappa shape index (κ3) is 6.09. The third-order valence-electron chi connectivity index (χ3n) is 2.41. The van der Waals surface area contributed by atoms with Gasteiger partial charge >= 0.3 is 0 Å². The summed E-state index contributed by atoms with van der Waals surface area (Å²) < 4.78 is 9.36. The van der Waals surface area contributed by atoms with Gasteiger partial charge in [0.05, 0.1) is 0 Å². The Kier molecular flexibility index (Phi) is 10.5. The lowest BCUT2D eigenvalue weighted by atomic mass is 10.3. The average molecular weight is 499 g/mol. The summed E-state index contributed by atoms with van der Waals surface area (Å²) in [7, 11) is 0. The van der Waals surface area contributed by atoms with Crippen molar-refractivity contribution in [2.75, 3.05) is 0 Å². The van der Waals surface area contributed by atoms with E-state index in [2.05, 4.69) is 5.16 Å². The van der Waals surface area contributed by atoms with E-state index in [4.69, 9.17) is 9.94 Å². The molecule has 108 valence electrons. The SMILES string of the molecule is ON=Cc1cccc[n+]1COC[n+]1ccccc1.[I-].[I-]. The fourth-order valence-electron chi connectivity index (χ4n) is 1.55. The standard InChI is InChI=1S/C13H14N3O2.2HI/c17-14-10-13-6-2-5-9-16(13)12-18-11-15-7-3-1-4-8-15;;/h1-10H,11-12H2;2*1H/q+1;;/p-1. The summed E-state index contributed by atoms with van der Waals surface area (Å²) in [5, 5.41) is 11.6. The number of halogens is 2. The van der Waals surface area contributed by atoms with E-state index in [9.17, 15) is 0 Å². The summed E-state index contributed by atoms with van der Waals surface area (Å²) in [6.45, 7) is 0.864. The topological polar surface area (TPSA) is 49.6 Å². The molecule has 0 atom stereocenters. The van der Waals surface area contributed by atoms with E-state index in [1.807, 2.05) is 64.1 Å². The number of aromatic nitrogens is 2. The molecule has 0 amide bonds. The Bertz CT molecular complexity index is 524. The quantitative estimate of drug-likeness (QED) is 0.147. The van der Waals surface area contributed by atoms with Crippen LogP contribution in [0.5, 0.6) is 0 Å². The second-order valence-corrected chi connectivity index (χ2v) is 3.69. The smallest absolute Gasteiger partial charge is 0.258 e. The average Bonchev–Trinajstić information content (AvgIpc) is 2.42. The second-order valence-electron chi connectivity index (χ2n) is 3.69. The molecule has 0 spiro atoms. The Balaban J connectivity index is 0.00000180. The Hall–Kier alpha value is -0.810. The molecule has 20 heavy (non-hydrogen) atoms. The number of ether oxygens (including phenoxy) is 1. The van der Waals surface area contributed by atoms with Crippen molar-refractivity contribution in [1.82, 2.24) is 0 Å². The van der Waals surface area contributed by atoms with Gasteiger partial charge < -0.3 is 53.2 Å². The third-order valence-corrected chi connectivity index (χ3v) is 2.41. The first-order chi connectivity index (χ1) is 8.90. The van der Waals surface area contributed by atoms with Gasteiger partial charge in [0, 0.05) is 24.3 Å². The number of pyridine rings is 2. The molecule has 0 saturated heterocycles. The van der Waals surface area contributed by atoms with Crippen molar-refractivity contribution in [3.63, 3.8) is 0 Å². The minimum absolute atomic E-state index is 0. The molecule has 0 aliphatic rings. The Morgan fingerprint density at radius 3 is 2.40 bits per heavy atom. The minimum atomic E-state index is 0. The lowest BCUT2D eigenvalue weighted by molar-refractivity contribution is -0.788. The fourth-order valence-corrected chi connectivity index (χ4v) is 1.55. The number of rotatable bonds is 5. The van der Waals surface area contributed by atoms with Crippen molar-refractivity contribution >= 4 is 6.21 Å². The summed E-state index contributed by atoms with van der Waals surface area (Å²) in [4.78, 5) is 0. The van der Waals surface area contributed by atoms with Crippen molar-refractivity contribution in [3.05, 3.63) is 60.7 Å². The molecular weight excluding hydrogens is 484 g/mol. The van der Waals surface area contributed by atoms with Crippen LogP contribution in [0.3, 0.4) is 0 Å². The highest BCUT2D eigenvalue weighted by atomic mass is 127. The number of oxime groups is 1. The lowest BCUT2D eigenvalue weighted by Crippen LogP contribution is -3.00. The molecule has 2 heterocycles. The van der Waals surface area contributed by atoms with Gasteiger partial charge in [0.2, 0.25) is 5.69 Å². The molecule has 0 unspecified atom stereocenters. The summed E-state index contributed by atoms with van der Waals surface area (Å²) in [6, 6.07) is 11.5. The van der Waals surface area contributed by atoms with Gasteiger partial charge in [0.1, 0.15) is 6.21 Å². The van der Waals surface area contributed by atoms with Gasteiger partial charge in [0.25, 0.3) is 13.5 Å². The molecule has 2 aromatic heterocycles. The van der Waals surface area contributed by atoms with E-state index >= 15 is 0 Å². The molecule has 7 heteroatoms. The minimum Gasteiger partial charge on any atom is -1.00 e. The van der Waals surface area contributed by atoms with Crippen LogP contribution in [-0.2, 0) is 18.2 Å². The fraction of sp³-hybridized carbons (Fsp3) is 0.154. The predicted molar refractivity (Wildman–Crippen MR) is 63.7 cm³/mol. The van der Waals surface area contributed by atoms with E-state index < -0.39 is 0 Å². The van der Waals surface area contributed by atoms with Gasteiger partial charge in [-0.25, -0.2) is 0 Å². The summed E-state index contributed by atoms with van der Waals surface area (Å²) in [5.74, 6) is 0. The number of nitrogens with zero attached hydrogens (tertiary/aromatic N) is 3. The Morgan fingerprint density at radius 1 is 1.00 bits per heavy atom. The van der Waals surface area contributed by atoms with E-state index in [1.54, 1.807) is 0 Å². The Labute approximate surface area is 151 Å². The van der Waals surface area contributed by atoms with Crippen LogP contribution in [0.15, 0.2) is 60.1 Å². The lowest BCUT2D eigenvalue weighted by Gasteiger charge is -1.99. The maximum atomic E-state index is 8.56. The number of hydrogen-bond donors (Lipinski definition) is 1. The summed E-state index contributed by atoms with van der Waals surface area (Å²) in [5.41, 5.74) is 0.776. The zero-order valence-electron chi connectivity index (χ0n) is 10.6. The maximum absolute atomic E-state index is 8.56. The van der Waals surface area contributed by atoms with Crippen LogP contribution in [-0.4, -0.2) is 11.4 Å². The number of hydrogen-bond acceptors (Lipinski definition) is 3. The van der Waals surface area contributed by atoms with E-state index in [-0.39, 0.29) is 48.0 Å². The van der Waals surface area contributed by atoms with Crippen LogP contribution >= 0.6 is 0 Å². The van der Waals surface area contributed by atoms with Gasteiger partial charge in [-0.05, 0) is 6.07 Å². The molecule has 0 fully saturated rings. The highest BCUT2D eigenvalue weighted by molar-refractivity contribution is 5.74. The molecule has 0 aliphatic heterocycles. The maximum Gasteiger partial charge on any atom is 0.258 e. The van der Waals surface area contributed by atoms with Gasteiger partial charge in [-0.1, -0.05) is 11.2 Å². The molecule has 0 bridgehead atoms. The highest BCUT2D eigenvalue weighted by Gasteiger charge is 2.08. The van der Waals surface area contributed by atoms with Crippen molar-refractivity contribution in [2.45, 2.75) is 13.5 Å². The molecule has 0 aliphatic carbocycles. The summed E-state index contributed by atoms with van der Waals surface area (Å²) >= 11 is 0. The van der Waals surface area contributed by atoms with Crippen molar-refractivity contribution in [1.29, 1.82) is 0 Å². The van der Waals surface area contributed by atoms with Crippen molar-refractivity contribution < 1.29 is 67.0 Å². The van der Waals surface area contributed by atoms with E-state index in [0.717, 1.165) is 5.69 Å². The van der Waals surface area contributed by atoms with Crippen LogP contribution < -0.4 is 57.1 Å². The second kappa shape index (κ2) is 10.9. The van der Waals surface area contributed by atoms with Crippen molar-refractivity contribution in [2.24, 2.45) is 5.16 Å². The molecular formula is C13H15I2N3O2. The van der Waals surface area contributed by atoms with Gasteiger partial charge in [-0.15, -0.1) is 0 Å². The van der Waals surface area contributed by atoms with Crippen LogP contribution in [0.25, 0.3) is 0 Å². The molecule has 5 nitrogen and oxygen atoms in total. The zero-order chi connectivity index (χ0) is 12.6. The molecule has 2 aromatic rings. The first-order valence-electron chi connectivity index (χ1n) is 5.58. The first kappa shape index (κ1) is 19.2. The van der Waals surface area contributed by atoms with E-state index in [0.29, 0.717) is 13.5 Å². The Morgan fingerprint density at radius 2 is 1.70 bits per heavy atom. The summed E-state index contributed by atoms with van der Waals surface area (Å²) in [6.07, 6.45) is 7.11. The molecule has 2 rings (SSSR count). The van der Waals surface area contributed by atoms with Crippen LogP contribution in [0.2, 0.25) is 0 Å². The monoisotopic (exact) mass is 499 g/mol. The van der Waals surface area contributed by atoms with Gasteiger partial charge in [-0.2, -0.15) is 9.13 Å². The predicted octanol–water partition coefficient (Wildman–Crippen LogP) is -5.29. The largest absolute Gasteiger partial charge is 1.00 e. The van der Waals surface area contributed by atoms with Gasteiger partial charge in [-0.3, -0.25) is 4.74 Å². The van der Waals surface area contributed by atoms with Crippen LogP contribution in [0.4, 0.5) is 0 Å². The first-order valence-corrected chi connectivity index (χ1v) is 5.58. The van der Waals surface area contributed by atoms with Crippen LogP contribution in [0, 0.1) is 0 Å². The van der Waals surface area contributed by atoms with Crippen molar-refractivity contribution in [3.8, 4) is 0 Å². The normalized spacial score (nSPS) is 9.80. The zero-order valence-corrected chi connectivity index (χ0v) is 15.0. The molecule has 1 N–H and O–H groups in total.